The van der Waals surface area contributed by atoms with Crippen molar-refractivity contribution < 1.29 is 14.4 Å². The molecular weight excluding hydrogens is 236 g/mol. The van der Waals surface area contributed by atoms with Crippen molar-refractivity contribution in [3.8, 4) is 5.75 Å². The van der Waals surface area contributed by atoms with Gasteiger partial charge in [-0.15, -0.1) is 0 Å². The van der Waals surface area contributed by atoms with Crippen molar-refractivity contribution in [3.05, 3.63) is 35.5 Å². The van der Waals surface area contributed by atoms with E-state index in [1.54, 1.807) is 6.92 Å². The number of phenolic OH excluding ortho intramolecular Hbond substituents is 1. The fourth-order valence-corrected chi connectivity index (χ4v) is 1.36. The van der Waals surface area contributed by atoms with E-state index in [1.807, 2.05) is 0 Å². The highest BCUT2D eigenvalue weighted by Gasteiger charge is 2.09. The molecule has 0 aliphatic rings. The van der Waals surface area contributed by atoms with E-state index in [0.717, 1.165) is 0 Å². The highest BCUT2D eigenvalue weighted by molar-refractivity contribution is 5.95. The van der Waals surface area contributed by atoms with Crippen molar-refractivity contribution in [2.75, 3.05) is 5.73 Å². The Morgan fingerprint density at radius 3 is 2.94 bits per heavy atom. The van der Waals surface area contributed by atoms with Gasteiger partial charge in [-0.2, -0.15) is 4.98 Å². The van der Waals surface area contributed by atoms with Gasteiger partial charge in [-0.05, 0) is 18.2 Å². The third-order valence-electron chi connectivity index (χ3n) is 2.27. The molecule has 0 fully saturated rings. The summed E-state index contributed by atoms with van der Waals surface area (Å²) in [5, 5.41) is 15.6. The van der Waals surface area contributed by atoms with E-state index in [-0.39, 0.29) is 23.9 Å². The summed E-state index contributed by atoms with van der Waals surface area (Å²) < 4.78 is 4.77. The maximum atomic E-state index is 11.7. The largest absolute Gasteiger partial charge is 0.506 e. The number of aromatic hydroxyl groups is 1. The molecule has 7 nitrogen and oxygen atoms in total. The number of anilines is 1. The summed E-state index contributed by atoms with van der Waals surface area (Å²) in [6.45, 7) is 1.82. The molecule has 0 saturated carbocycles. The second-order valence-corrected chi connectivity index (χ2v) is 3.69. The molecule has 1 heterocycles. The highest BCUT2D eigenvalue weighted by atomic mass is 16.5. The zero-order chi connectivity index (χ0) is 13.1. The van der Waals surface area contributed by atoms with Crippen LogP contribution in [0, 0.1) is 6.92 Å². The molecule has 18 heavy (non-hydrogen) atoms. The smallest absolute Gasteiger partial charge is 0.251 e. The average Bonchev–Trinajstić information content (AvgIpc) is 2.75. The van der Waals surface area contributed by atoms with Crippen molar-refractivity contribution in [2.24, 2.45) is 0 Å². The van der Waals surface area contributed by atoms with Gasteiger partial charge in [-0.1, -0.05) is 5.16 Å². The predicted molar refractivity (Wildman–Crippen MR) is 62.7 cm³/mol. The third kappa shape index (κ3) is 2.57. The Kier molecular flexibility index (Phi) is 3.13. The standard InChI is InChI=1S/C11H12N4O3/c1-6-14-10(15-18-6)5-13-11(17)7-2-3-8(12)9(16)4-7/h2-4,16H,5,12H2,1H3,(H,13,17). The molecule has 4 N–H and O–H groups in total. The summed E-state index contributed by atoms with van der Waals surface area (Å²) in [4.78, 5) is 15.7. The molecule has 0 atom stereocenters. The minimum absolute atomic E-state index is 0.127. The number of aromatic nitrogens is 2. The van der Waals surface area contributed by atoms with Crippen molar-refractivity contribution in [2.45, 2.75) is 13.5 Å². The van der Waals surface area contributed by atoms with E-state index < -0.39 is 0 Å². The van der Waals surface area contributed by atoms with Crippen molar-refractivity contribution >= 4 is 11.6 Å². The molecule has 1 aromatic heterocycles. The fraction of sp³-hybridized carbons (Fsp3) is 0.182. The maximum Gasteiger partial charge on any atom is 0.251 e. The Hall–Kier alpha value is -2.57. The first kappa shape index (κ1) is 11.9. The van der Waals surface area contributed by atoms with Crippen LogP contribution in [0.1, 0.15) is 22.1 Å². The van der Waals surface area contributed by atoms with Crippen LogP contribution in [-0.4, -0.2) is 21.2 Å². The number of carbonyl (C=O) groups excluding carboxylic acids is 1. The molecule has 1 aromatic carbocycles. The van der Waals surface area contributed by atoms with Crippen molar-refractivity contribution in [3.63, 3.8) is 0 Å². The van der Waals surface area contributed by atoms with Crippen LogP contribution in [-0.2, 0) is 6.54 Å². The summed E-state index contributed by atoms with van der Waals surface area (Å²) >= 11 is 0. The molecule has 0 saturated heterocycles. The Morgan fingerprint density at radius 1 is 1.56 bits per heavy atom. The lowest BCUT2D eigenvalue weighted by molar-refractivity contribution is 0.0949. The summed E-state index contributed by atoms with van der Waals surface area (Å²) in [7, 11) is 0. The lowest BCUT2D eigenvalue weighted by Crippen LogP contribution is -2.23. The van der Waals surface area contributed by atoms with Crippen LogP contribution in [0.25, 0.3) is 0 Å². The third-order valence-corrected chi connectivity index (χ3v) is 2.27. The van der Waals surface area contributed by atoms with Crippen molar-refractivity contribution in [1.29, 1.82) is 0 Å². The Labute approximate surface area is 103 Å². The molecule has 94 valence electrons. The van der Waals surface area contributed by atoms with Gasteiger partial charge in [0, 0.05) is 12.5 Å². The van der Waals surface area contributed by atoms with Crippen LogP contribution in [0.3, 0.4) is 0 Å². The number of aryl methyl sites for hydroxylation is 1. The molecule has 0 bridgehead atoms. The zero-order valence-electron chi connectivity index (χ0n) is 9.67. The number of nitrogen functional groups attached to an aromatic ring is 1. The molecule has 0 unspecified atom stereocenters. The van der Waals surface area contributed by atoms with E-state index in [2.05, 4.69) is 15.5 Å². The number of hydrogen-bond donors (Lipinski definition) is 3. The minimum atomic E-state index is -0.354. The van der Waals surface area contributed by atoms with E-state index in [0.29, 0.717) is 17.3 Å². The number of hydrogen-bond acceptors (Lipinski definition) is 6. The summed E-state index contributed by atoms with van der Waals surface area (Å²) in [6.07, 6.45) is 0. The van der Waals surface area contributed by atoms with Crippen LogP contribution in [0.5, 0.6) is 5.75 Å². The van der Waals surface area contributed by atoms with Crippen LogP contribution in [0.15, 0.2) is 22.7 Å². The second-order valence-electron chi connectivity index (χ2n) is 3.69. The SMILES string of the molecule is Cc1nc(CNC(=O)c2ccc(N)c(O)c2)no1. The Balaban J connectivity index is 2.01. The number of amides is 1. The van der Waals surface area contributed by atoms with Crippen LogP contribution in [0.4, 0.5) is 5.69 Å². The van der Waals surface area contributed by atoms with Gasteiger partial charge < -0.3 is 20.7 Å². The maximum absolute atomic E-state index is 11.7. The highest BCUT2D eigenvalue weighted by Crippen LogP contribution is 2.20. The second kappa shape index (κ2) is 4.74. The lowest BCUT2D eigenvalue weighted by Gasteiger charge is -2.04. The van der Waals surface area contributed by atoms with Crippen LogP contribution in [0.2, 0.25) is 0 Å². The fourth-order valence-electron chi connectivity index (χ4n) is 1.36. The quantitative estimate of drug-likeness (QED) is 0.541. The molecule has 7 heteroatoms. The Morgan fingerprint density at radius 2 is 2.33 bits per heavy atom. The van der Waals surface area contributed by atoms with Gasteiger partial charge >= 0.3 is 0 Å². The Bertz CT molecular complexity index is 579. The van der Waals surface area contributed by atoms with Gasteiger partial charge in [0.2, 0.25) is 5.89 Å². The van der Waals surface area contributed by atoms with E-state index >= 15 is 0 Å². The topological polar surface area (TPSA) is 114 Å². The molecule has 0 aliphatic carbocycles. The molecule has 2 aromatic rings. The number of phenols is 1. The van der Waals surface area contributed by atoms with Crippen LogP contribution >= 0.6 is 0 Å². The summed E-state index contributed by atoms with van der Waals surface area (Å²) in [5.41, 5.74) is 5.97. The van der Waals surface area contributed by atoms with E-state index in [4.69, 9.17) is 10.3 Å². The normalized spacial score (nSPS) is 10.3. The summed E-state index contributed by atoms with van der Waals surface area (Å²) in [5.74, 6) is 0.343. The first-order valence-electron chi connectivity index (χ1n) is 5.22. The molecule has 0 radical (unpaired) electrons. The molecule has 1 amide bonds. The molecule has 2 rings (SSSR count). The first-order valence-corrected chi connectivity index (χ1v) is 5.22. The summed E-state index contributed by atoms with van der Waals surface area (Å²) in [6, 6.07) is 4.28. The first-order chi connectivity index (χ1) is 8.56. The number of nitrogens with two attached hydrogens (primary N) is 1. The predicted octanol–water partition coefficient (Wildman–Crippen LogP) is 0.596. The van der Waals surface area contributed by atoms with Gasteiger partial charge in [0.05, 0.1) is 12.2 Å². The monoisotopic (exact) mass is 248 g/mol. The van der Waals surface area contributed by atoms with Gasteiger partial charge in [0.15, 0.2) is 5.82 Å². The number of nitrogens with zero attached hydrogens (tertiary/aromatic N) is 2. The minimum Gasteiger partial charge on any atom is -0.506 e. The van der Waals surface area contributed by atoms with Crippen LogP contribution < -0.4 is 11.1 Å². The van der Waals surface area contributed by atoms with Gasteiger partial charge in [0.25, 0.3) is 5.91 Å². The lowest BCUT2D eigenvalue weighted by atomic mass is 10.2. The zero-order valence-corrected chi connectivity index (χ0v) is 9.67. The molecule has 0 aliphatic heterocycles. The number of rotatable bonds is 3. The van der Waals surface area contributed by atoms with E-state index in [9.17, 15) is 9.90 Å². The number of benzene rings is 1. The molecule has 0 spiro atoms. The average molecular weight is 248 g/mol. The number of carbonyl (C=O) groups is 1. The number of nitrogens with one attached hydrogen (secondary N) is 1. The molecular formula is C11H12N4O3. The van der Waals surface area contributed by atoms with E-state index in [1.165, 1.54) is 18.2 Å². The van der Waals surface area contributed by atoms with Gasteiger partial charge in [0.1, 0.15) is 5.75 Å². The van der Waals surface area contributed by atoms with Crippen molar-refractivity contribution in [1.82, 2.24) is 15.5 Å². The van der Waals surface area contributed by atoms with Gasteiger partial charge in [-0.25, -0.2) is 0 Å². The van der Waals surface area contributed by atoms with Gasteiger partial charge in [-0.3, -0.25) is 4.79 Å².